The van der Waals surface area contributed by atoms with Crippen molar-refractivity contribution in [3.8, 4) is 0 Å². The predicted octanol–water partition coefficient (Wildman–Crippen LogP) is 3.80. The molecule has 1 atom stereocenters. The Balaban J connectivity index is 2.02. The molecule has 2 rings (SSSR count). The van der Waals surface area contributed by atoms with Crippen LogP contribution in [0.5, 0.6) is 0 Å². The number of rotatable bonds is 6. The lowest BCUT2D eigenvalue weighted by Crippen LogP contribution is -2.07. The van der Waals surface area contributed by atoms with Crippen LogP contribution in [0.4, 0.5) is 5.69 Å². The molecule has 0 amide bonds. The lowest BCUT2D eigenvalue weighted by atomic mass is 10.2. The molecule has 1 aromatic heterocycles. The van der Waals surface area contributed by atoms with E-state index < -0.39 is 0 Å². The van der Waals surface area contributed by atoms with Crippen LogP contribution in [0.2, 0.25) is 0 Å². The average molecular weight is 277 g/mol. The molecule has 0 fully saturated rings. The Morgan fingerprint density at radius 3 is 2.89 bits per heavy atom. The molecule has 1 heterocycles. The van der Waals surface area contributed by atoms with Gasteiger partial charge in [-0.05, 0) is 30.4 Å². The highest BCUT2D eigenvalue weighted by Gasteiger charge is 2.12. The molecule has 0 aliphatic carbocycles. The number of anilines is 1. The molecule has 1 N–H and O–H groups in total. The van der Waals surface area contributed by atoms with Gasteiger partial charge in [0.15, 0.2) is 0 Å². The lowest BCUT2D eigenvalue weighted by Gasteiger charge is -2.12. The number of nitrogens with one attached hydrogen (secondary N) is 1. The third-order valence-electron chi connectivity index (χ3n) is 2.70. The average Bonchev–Trinajstić information content (AvgIpc) is 2.83. The van der Waals surface area contributed by atoms with E-state index >= 15 is 0 Å². The Morgan fingerprint density at radius 1 is 1.37 bits per heavy atom. The smallest absolute Gasteiger partial charge is 0.238 e. The van der Waals surface area contributed by atoms with Crippen molar-refractivity contribution in [3.05, 3.63) is 41.6 Å². The fourth-order valence-electron chi connectivity index (χ4n) is 1.77. The van der Waals surface area contributed by atoms with Gasteiger partial charge < -0.3 is 9.73 Å². The molecule has 0 saturated carbocycles. The third-order valence-corrected chi connectivity index (χ3v) is 3.64. The zero-order chi connectivity index (χ0) is 13.7. The van der Waals surface area contributed by atoms with Crippen LogP contribution in [0.1, 0.15) is 37.2 Å². The standard InChI is InChI=1S/C14H19N3OS/c1-4-19-9-12-6-5-7-13(8-12)15-10(2)14-17-16-11(3)18-14/h5-8,10,15H,4,9H2,1-3H3/t10-/m1/s1. The summed E-state index contributed by atoms with van der Waals surface area (Å²) in [6.07, 6.45) is 0. The van der Waals surface area contributed by atoms with Crippen LogP contribution in [-0.2, 0) is 5.75 Å². The number of benzene rings is 1. The second-order valence-corrected chi connectivity index (χ2v) is 5.64. The molecule has 0 bridgehead atoms. The molecule has 0 spiro atoms. The molecule has 102 valence electrons. The molecule has 0 radical (unpaired) electrons. The van der Waals surface area contributed by atoms with E-state index in [2.05, 4.69) is 46.7 Å². The van der Waals surface area contributed by atoms with Gasteiger partial charge in [0.1, 0.15) is 6.04 Å². The summed E-state index contributed by atoms with van der Waals surface area (Å²) in [6.45, 7) is 5.99. The van der Waals surface area contributed by atoms with E-state index in [0.29, 0.717) is 11.8 Å². The van der Waals surface area contributed by atoms with E-state index in [9.17, 15) is 0 Å². The highest BCUT2D eigenvalue weighted by atomic mass is 32.2. The van der Waals surface area contributed by atoms with Crippen LogP contribution in [0.15, 0.2) is 28.7 Å². The minimum Gasteiger partial charge on any atom is -0.423 e. The van der Waals surface area contributed by atoms with Crippen LogP contribution in [-0.4, -0.2) is 16.0 Å². The molecule has 4 nitrogen and oxygen atoms in total. The van der Waals surface area contributed by atoms with Crippen molar-refractivity contribution in [2.75, 3.05) is 11.1 Å². The first-order chi connectivity index (χ1) is 9.19. The predicted molar refractivity (Wildman–Crippen MR) is 79.4 cm³/mol. The van der Waals surface area contributed by atoms with E-state index in [0.717, 1.165) is 17.2 Å². The Labute approximate surface area is 118 Å². The summed E-state index contributed by atoms with van der Waals surface area (Å²) in [5, 5.41) is 11.3. The van der Waals surface area contributed by atoms with Crippen LogP contribution >= 0.6 is 11.8 Å². The van der Waals surface area contributed by atoms with Gasteiger partial charge in [0.05, 0.1) is 0 Å². The van der Waals surface area contributed by atoms with Gasteiger partial charge in [0.25, 0.3) is 0 Å². The van der Waals surface area contributed by atoms with Gasteiger partial charge >= 0.3 is 0 Å². The first-order valence-corrected chi connectivity index (χ1v) is 7.57. The number of aryl methyl sites for hydroxylation is 1. The number of hydrogen-bond donors (Lipinski definition) is 1. The molecular formula is C14H19N3OS. The fraction of sp³-hybridized carbons (Fsp3) is 0.429. The summed E-state index contributed by atoms with van der Waals surface area (Å²) in [7, 11) is 0. The molecule has 5 heteroatoms. The number of hydrogen-bond acceptors (Lipinski definition) is 5. The number of nitrogens with zero attached hydrogens (tertiary/aromatic N) is 2. The minimum atomic E-state index is 0.00952. The topological polar surface area (TPSA) is 51.0 Å². The van der Waals surface area contributed by atoms with Gasteiger partial charge in [-0.15, -0.1) is 10.2 Å². The zero-order valence-corrected chi connectivity index (χ0v) is 12.3. The van der Waals surface area contributed by atoms with Gasteiger partial charge in [0, 0.05) is 18.4 Å². The maximum Gasteiger partial charge on any atom is 0.238 e. The van der Waals surface area contributed by atoms with Crippen LogP contribution in [0.25, 0.3) is 0 Å². The molecule has 2 aromatic rings. The summed E-state index contributed by atoms with van der Waals surface area (Å²) in [6, 6.07) is 8.45. The van der Waals surface area contributed by atoms with Crippen molar-refractivity contribution in [2.24, 2.45) is 0 Å². The summed E-state index contributed by atoms with van der Waals surface area (Å²) < 4.78 is 5.42. The molecular weight excluding hydrogens is 258 g/mol. The van der Waals surface area contributed by atoms with Crippen LogP contribution < -0.4 is 5.32 Å². The first-order valence-electron chi connectivity index (χ1n) is 6.42. The van der Waals surface area contributed by atoms with E-state index in [4.69, 9.17) is 4.42 Å². The van der Waals surface area contributed by atoms with Crippen molar-refractivity contribution < 1.29 is 4.42 Å². The zero-order valence-electron chi connectivity index (χ0n) is 11.5. The van der Waals surface area contributed by atoms with Crippen molar-refractivity contribution >= 4 is 17.4 Å². The number of thioether (sulfide) groups is 1. The summed E-state index contributed by atoms with van der Waals surface area (Å²) in [4.78, 5) is 0. The Bertz CT molecular complexity index is 527. The molecule has 0 unspecified atom stereocenters. The summed E-state index contributed by atoms with van der Waals surface area (Å²) in [5.41, 5.74) is 2.41. The first kappa shape index (κ1) is 13.9. The Morgan fingerprint density at radius 2 is 2.21 bits per heavy atom. The van der Waals surface area contributed by atoms with Crippen LogP contribution in [0.3, 0.4) is 0 Å². The number of aromatic nitrogens is 2. The van der Waals surface area contributed by atoms with Crippen molar-refractivity contribution in [1.82, 2.24) is 10.2 Å². The normalized spacial score (nSPS) is 12.4. The van der Waals surface area contributed by atoms with E-state index in [1.54, 1.807) is 6.92 Å². The quantitative estimate of drug-likeness (QED) is 0.870. The minimum absolute atomic E-state index is 0.00952. The maximum absolute atomic E-state index is 5.42. The van der Waals surface area contributed by atoms with Crippen molar-refractivity contribution in [2.45, 2.75) is 32.6 Å². The summed E-state index contributed by atoms with van der Waals surface area (Å²) in [5.74, 6) is 3.39. The van der Waals surface area contributed by atoms with Gasteiger partial charge in [-0.2, -0.15) is 11.8 Å². The Hall–Kier alpha value is -1.49. The summed E-state index contributed by atoms with van der Waals surface area (Å²) >= 11 is 1.92. The third kappa shape index (κ3) is 3.99. The van der Waals surface area contributed by atoms with E-state index in [1.807, 2.05) is 18.7 Å². The van der Waals surface area contributed by atoms with E-state index in [1.165, 1.54) is 5.56 Å². The molecule has 0 aliphatic heterocycles. The molecule has 1 aromatic carbocycles. The largest absolute Gasteiger partial charge is 0.423 e. The molecule has 0 aliphatic rings. The molecule has 19 heavy (non-hydrogen) atoms. The monoisotopic (exact) mass is 277 g/mol. The SMILES string of the molecule is CCSCc1cccc(N[C@H](C)c2nnc(C)o2)c1. The van der Waals surface area contributed by atoms with Crippen molar-refractivity contribution in [3.63, 3.8) is 0 Å². The van der Waals surface area contributed by atoms with Gasteiger partial charge in [-0.1, -0.05) is 19.1 Å². The van der Waals surface area contributed by atoms with Crippen molar-refractivity contribution in [1.29, 1.82) is 0 Å². The second kappa shape index (κ2) is 6.61. The lowest BCUT2D eigenvalue weighted by molar-refractivity contribution is 0.451. The van der Waals surface area contributed by atoms with Gasteiger partial charge in [-0.3, -0.25) is 0 Å². The fourth-order valence-corrected chi connectivity index (χ4v) is 2.39. The van der Waals surface area contributed by atoms with Gasteiger partial charge in [-0.25, -0.2) is 0 Å². The maximum atomic E-state index is 5.42. The second-order valence-electron chi connectivity index (χ2n) is 4.36. The highest BCUT2D eigenvalue weighted by molar-refractivity contribution is 7.98. The van der Waals surface area contributed by atoms with E-state index in [-0.39, 0.29) is 6.04 Å². The highest BCUT2D eigenvalue weighted by Crippen LogP contribution is 2.21. The van der Waals surface area contributed by atoms with Crippen LogP contribution in [0, 0.1) is 6.92 Å². The van der Waals surface area contributed by atoms with Gasteiger partial charge in [0.2, 0.25) is 11.8 Å². The Kier molecular flexibility index (Phi) is 4.85. The molecule has 0 saturated heterocycles.